The Labute approximate surface area is 118 Å². The van der Waals surface area contributed by atoms with Gasteiger partial charge in [0, 0.05) is 13.1 Å². The Bertz CT molecular complexity index is 613. The smallest absolute Gasteiger partial charge is 0.243 e. The van der Waals surface area contributed by atoms with E-state index in [4.69, 9.17) is 4.74 Å². The molecule has 20 heavy (non-hydrogen) atoms. The number of carbonyl (C=O) groups is 1. The number of benzene rings is 1. The lowest BCUT2D eigenvalue weighted by Crippen LogP contribution is -2.37. The van der Waals surface area contributed by atoms with Gasteiger partial charge in [-0.05, 0) is 37.1 Å². The SMILES string of the molecule is COc1ccc(S(=O)(=O)N2CCCNC(=O)C2)cc1C. The summed E-state index contributed by atoms with van der Waals surface area (Å²) in [6.45, 7) is 2.50. The highest BCUT2D eigenvalue weighted by molar-refractivity contribution is 7.89. The van der Waals surface area contributed by atoms with Crippen molar-refractivity contribution in [1.82, 2.24) is 9.62 Å². The van der Waals surface area contributed by atoms with Gasteiger partial charge in [0.1, 0.15) is 5.75 Å². The molecule has 0 atom stereocenters. The molecular weight excluding hydrogens is 280 g/mol. The zero-order chi connectivity index (χ0) is 14.8. The summed E-state index contributed by atoms with van der Waals surface area (Å²) in [6.07, 6.45) is 0.611. The van der Waals surface area contributed by atoms with Gasteiger partial charge in [-0.2, -0.15) is 4.31 Å². The van der Waals surface area contributed by atoms with E-state index in [1.807, 2.05) is 0 Å². The first-order chi connectivity index (χ1) is 9.45. The van der Waals surface area contributed by atoms with Gasteiger partial charge in [-0.25, -0.2) is 8.42 Å². The minimum atomic E-state index is -3.65. The van der Waals surface area contributed by atoms with Gasteiger partial charge in [0.2, 0.25) is 15.9 Å². The average Bonchev–Trinajstić information content (AvgIpc) is 2.63. The maximum absolute atomic E-state index is 12.5. The van der Waals surface area contributed by atoms with Crippen molar-refractivity contribution in [3.63, 3.8) is 0 Å². The van der Waals surface area contributed by atoms with E-state index in [2.05, 4.69) is 5.32 Å². The first-order valence-electron chi connectivity index (χ1n) is 6.36. The third kappa shape index (κ3) is 2.94. The number of hydrogen-bond donors (Lipinski definition) is 1. The van der Waals surface area contributed by atoms with Crippen LogP contribution in [0.25, 0.3) is 0 Å². The Morgan fingerprint density at radius 2 is 2.10 bits per heavy atom. The fourth-order valence-electron chi connectivity index (χ4n) is 2.14. The summed E-state index contributed by atoms with van der Waals surface area (Å²) in [5.74, 6) is 0.369. The second-order valence-corrected chi connectivity index (χ2v) is 6.61. The van der Waals surface area contributed by atoms with E-state index < -0.39 is 10.0 Å². The molecule has 1 N–H and O–H groups in total. The molecule has 110 valence electrons. The van der Waals surface area contributed by atoms with E-state index in [1.165, 1.54) is 17.5 Å². The number of amides is 1. The topological polar surface area (TPSA) is 75.7 Å². The predicted octanol–water partition coefficient (Wildman–Crippen LogP) is 0.514. The number of aryl methyl sites for hydroxylation is 1. The van der Waals surface area contributed by atoms with Crippen molar-refractivity contribution in [1.29, 1.82) is 0 Å². The molecule has 1 aliphatic heterocycles. The van der Waals surface area contributed by atoms with E-state index in [0.717, 1.165) is 5.56 Å². The van der Waals surface area contributed by atoms with Gasteiger partial charge in [0.05, 0.1) is 18.6 Å². The maximum Gasteiger partial charge on any atom is 0.243 e. The van der Waals surface area contributed by atoms with Crippen LogP contribution in [0.4, 0.5) is 0 Å². The van der Waals surface area contributed by atoms with E-state index in [1.54, 1.807) is 19.1 Å². The van der Waals surface area contributed by atoms with Crippen LogP contribution >= 0.6 is 0 Å². The normalized spacial score (nSPS) is 17.4. The van der Waals surface area contributed by atoms with Gasteiger partial charge < -0.3 is 10.1 Å². The molecule has 1 amide bonds. The molecule has 0 aromatic heterocycles. The molecule has 0 radical (unpaired) electrons. The van der Waals surface area contributed by atoms with Crippen LogP contribution in [0, 0.1) is 6.92 Å². The molecule has 1 saturated heterocycles. The molecule has 1 heterocycles. The number of carbonyl (C=O) groups excluding carboxylic acids is 1. The molecule has 0 bridgehead atoms. The Hall–Kier alpha value is -1.60. The van der Waals surface area contributed by atoms with Gasteiger partial charge in [-0.1, -0.05) is 0 Å². The summed E-state index contributed by atoms with van der Waals surface area (Å²) >= 11 is 0. The zero-order valence-corrected chi connectivity index (χ0v) is 12.4. The maximum atomic E-state index is 12.5. The van der Waals surface area contributed by atoms with E-state index in [9.17, 15) is 13.2 Å². The Morgan fingerprint density at radius 3 is 2.75 bits per heavy atom. The van der Waals surface area contributed by atoms with E-state index >= 15 is 0 Å². The summed E-state index contributed by atoms with van der Waals surface area (Å²) in [6, 6.07) is 4.70. The van der Waals surface area contributed by atoms with Gasteiger partial charge in [0.25, 0.3) is 0 Å². The Balaban J connectivity index is 2.34. The van der Waals surface area contributed by atoms with Crippen LogP contribution < -0.4 is 10.1 Å². The number of ether oxygens (including phenoxy) is 1. The molecule has 1 aromatic carbocycles. The van der Waals surface area contributed by atoms with Crippen molar-refractivity contribution in [2.75, 3.05) is 26.7 Å². The third-order valence-corrected chi connectivity index (χ3v) is 5.07. The Kier molecular flexibility index (Phi) is 4.29. The van der Waals surface area contributed by atoms with Crippen LogP contribution in [0.5, 0.6) is 5.75 Å². The number of nitrogens with zero attached hydrogens (tertiary/aromatic N) is 1. The van der Waals surface area contributed by atoms with Crippen LogP contribution in [0.1, 0.15) is 12.0 Å². The van der Waals surface area contributed by atoms with Gasteiger partial charge in [-0.3, -0.25) is 4.79 Å². The summed E-state index contributed by atoms with van der Waals surface area (Å²) in [5.41, 5.74) is 0.743. The lowest BCUT2D eigenvalue weighted by atomic mass is 10.2. The highest BCUT2D eigenvalue weighted by Gasteiger charge is 2.28. The van der Waals surface area contributed by atoms with E-state index in [-0.39, 0.29) is 17.3 Å². The van der Waals surface area contributed by atoms with Gasteiger partial charge in [-0.15, -0.1) is 0 Å². The lowest BCUT2D eigenvalue weighted by Gasteiger charge is -2.19. The molecule has 1 fully saturated rings. The number of nitrogens with one attached hydrogen (secondary N) is 1. The molecule has 6 nitrogen and oxygen atoms in total. The second-order valence-electron chi connectivity index (χ2n) is 4.67. The van der Waals surface area contributed by atoms with E-state index in [0.29, 0.717) is 25.3 Å². The number of methoxy groups -OCH3 is 1. The largest absolute Gasteiger partial charge is 0.496 e. The highest BCUT2D eigenvalue weighted by Crippen LogP contribution is 2.24. The lowest BCUT2D eigenvalue weighted by molar-refractivity contribution is -0.120. The van der Waals surface area contributed by atoms with Crippen LogP contribution in [0.15, 0.2) is 23.1 Å². The van der Waals surface area contributed by atoms with Crippen molar-refractivity contribution in [3.8, 4) is 5.75 Å². The molecule has 0 spiro atoms. The van der Waals surface area contributed by atoms with Crippen LogP contribution in [0.3, 0.4) is 0 Å². The van der Waals surface area contributed by atoms with Crippen molar-refractivity contribution in [3.05, 3.63) is 23.8 Å². The second kappa shape index (κ2) is 5.80. The number of rotatable bonds is 3. The first kappa shape index (κ1) is 14.8. The minimum absolute atomic E-state index is 0.132. The van der Waals surface area contributed by atoms with Crippen molar-refractivity contribution < 1.29 is 17.9 Å². The third-order valence-electron chi connectivity index (χ3n) is 3.23. The molecular formula is C13H18N2O4S. The van der Waals surface area contributed by atoms with Crippen molar-refractivity contribution in [2.45, 2.75) is 18.2 Å². The molecule has 7 heteroatoms. The zero-order valence-electron chi connectivity index (χ0n) is 11.5. The number of sulfonamides is 1. The standard InChI is InChI=1S/C13H18N2O4S/c1-10-8-11(4-5-12(10)19-2)20(17,18)15-7-3-6-14-13(16)9-15/h4-5,8H,3,6-7,9H2,1-2H3,(H,14,16). The Morgan fingerprint density at radius 1 is 1.35 bits per heavy atom. The van der Waals surface area contributed by atoms with Crippen molar-refractivity contribution >= 4 is 15.9 Å². The van der Waals surface area contributed by atoms with Crippen LogP contribution in [-0.4, -0.2) is 45.4 Å². The summed E-state index contributed by atoms with van der Waals surface area (Å²) in [4.78, 5) is 11.7. The average molecular weight is 298 g/mol. The fraction of sp³-hybridized carbons (Fsp3) is 0.462. The molecule has 1 aromatic rings. The monoisotopic (exact) mass is 298 g/mol. The number of hydrogen-bond acceptors (Lipinski definition) is 4. The molecule has 0 aliphatic carbocycles. The molecule has 0 saturated carbocycles. The summed E-state index contributed by atoms with van der Waals surface area (Å²) in [7, 11) is -2.11. The first-order valence-corrected chi connectivity index (χ1v) is 7.80. The summed E-state index contributed by atoms with van der Waals surface area (Å²) in [5, 5.41) is 2.66. The van der Waals surface area contributed by atoms with Crippen LogP contribution in [-0.2, 0) is 14.8 Å². The van der Waals surface area contributed by atoms with Crippen LogP contribution in [0.2, 0.25) is 0 Å². The van der Waals surface area contributed by atoms with Gasteiger partial charge >= 0.3 is 0 Å². The quantitative estimate of drug-likeness (QED) is 0.882. The minimum Gasteiger partial charge on any atom is -0.496 e. The molecule has 0 unspecified atom stereocenters. The van der Waals surface area contributed by atoms with Gasteiger partial charge in [0.15, 0.2) is 0 Å². The predicted molar refractivity (Wildman–Crippen MR) is 74.1 cm³/mol. The highest BCUT2D eigenvalue weighted by atomic mass is 32.2. The fourth-order valence-corrected chi connectivity index (χ4v) is 3.66. The van der Waals surface area contributed by atoms with Crippen molar-refractivity contribution in [2.24, 2.45) is 0 Å². The molecule has 2 rings (SSSR count). The molecule has 1 aliphatic rings. The summed E-state index contributed by atoms with van der Waals surface area (Å²) < 4.78 is 31.4.